The van der Waals surface area contributed by atoms with E-state index in [0.717, 1.165) is 41.6 Å². The van der Waals surface area contributed by atoms with Crippen LogP contribution in [0.5, 0.6) is 0 Å². The summed E-state index contributed by atoms with van der Waals surface area (Å²) in [5, 5.41) is 28.2. The van der Waals surface area contributed by atoms with Crippen LogP contribution in [0, 0.1) is 0 Å². The average Bonchev–Trinajstić information content (AvgIpc) is 3.54. The molecule has 0 aliphatic carbocycles. The lowest BCUT2D eigenvalue weighted by molar-refractivity contribution is -0.245. The van der Waals surface area contributed by atoms with Gasteiger partial charge in [0.1, 0.15) is 0 Å². The van der Waals surface area contributed by atoms with Gasteiger partial charge in [0.15, 0.2) is 6.29 Å². The number of hydrogen-bond acceptors (Lipinski definition) is 9. The molecule has 0 unspecified atom stereocenters. The largest absolute Gasteiger partial charge is 0.392 e. The molecule has 1 aromatic heterocycles. The number of aromatic nitrogens is 4. The van der Waals surface area contributed by atoms with Crippen molar-refractivity contribution < 1.29 is 24.2 Å². The lowest BCUT2D eigenvalue weighted by Gasteiger charge is -2.36. The van der Waals surface area contributed by atoms with Crippen LogP contribution in [0.25, 0.3) is 5.69 Å². The fourth-order valence-electron chi connectivity index (χ4n) is 5.03. The molecular weight excluding hydrogens is 592 g/mol. The lowest BCUT2D eigenvalue weighted by Crippen LogP contribution is -2.31. The molecule has 45 heavy (non-hydrogen) atoms. The van der Waals surface area contributed by atoms with Gasteiger partial charge in [0.2, 0.25) is 17.0 Å². The smallest absolute Gasteiger partial charge is 0.224 e. The first-order chi connectivity index (χ1) is 22.0. The van der Waals surface area contributed by atoms with Gasteiger partial charge in [-0.1, -0.05) is 72.8 Å². The summed E-state index contributed by atoms with van der Waals surface area (Å²) in [4.78, 5) is 23.6. The van der Waals surface area contributed by atoms with E-state index in [-0.39, 0.29) is 30.6 Å². The van der Waals surface area contributed by atoms with Crippen LogP contribution in [0.15, 0.2) is 84.0 Å². The monoisotopic (exact) mass is 630 g/mol. The second-order valence-corrected chi connectivity index (χ2v) is 11.8. The standard InChI is InChI=1S/C33H38N6O5S/c1-23(41)34-18-7-3-6-13-31(42)35-27-10-8-9-26(19-27)32-43-29(20-30(44-32)25-16-14-24(21-40)15-17-25)22-45-33-36-37-38-39(33)28-11-4-2-5-12-28/h2,4-5,8-12,14-17,19,29-30,32,40H,3,6-7,13,18,20-22H2,1H3,(H,34,41)(H,35,42)/t29-,30+,32+/m0/s1. The zero-order chi connectivity index (χ0) is 31.4. The van der Waals surface area contributed by atoms with Crippen LogP contribution in [0.3, 0.4) is 0 Å². The molecule has 2 heterocycles. The van der Waals surface area contributed by atoms with Crippen molar-refractivity contribution in [2.24, 2.45) is 0 Å². The van der Waals surface area contributed by atoms with E-state index in [1.807, 2.05) is 78.9 Å². The number of carbonyl (C=O) groups excluding carboxylic acids is 2. The van der Waals surface area contributed by atoms with Crippen LogP contribution in [0.4, 0.5) is 5.69 Å². The fourth-order valence-corrected chi connectivity index (χ4v) is 5.94. The number of aliphatic hydroxyl groups excluding tert-OH is 1. The minimum atomic E-state index is -0.664. The number of amides is 2. The van der Waals surface area contributed by atoms with Gasteiger partial charge in [-0.2, -0.15) is 4.68 Å². The number of hydrogen-bond donors (Lipinski definition) is 3. The number of para-hydroxylation sites is 1. The van der Waals surface area contributed by atoms with Crippen molar-refractivity contribution in [3.05, 3.63) is 95.6 Å². The van der Waals surface area contributed by atoms with Gasteiger partial charge in [0.25, 0.3) is 0 Å². The number of anilines is 1. The highest BCUT2D eigenvalue weighted by molar-refractivity contribution is 7.99. The van der Waals surface area contributed by atoms with E-state index in [0.29, 0.717) is 36.0 Å². The highest BCUT2D eigenvalue weighted by Gasteiger charge is 2.33. The van der Waals surface area contributed by atoms with Crippen LogP contribution in [-0.2, 0) is 25.7 Å². The van der Waals surface area contributed by atoms with Gasteiger partial charge in [-0.25, -0.2) is 0 Å². The molecule has 5 rings (SSSR count). The Morgan fingerprint density at radius 2 is 1.80 bits per heavy atom. The molecule has 0 spiro atoms. The van der Waals surface area contributed by atoms with E-state index in [1.54, 1.807) is 4.68 Å². The Hall–Kier alpha value is -4.10. The second-order valence-electron chi connectivity index (χ2n) is 10.8. The summed E-state index contributed by atoms with van der Waals surface area (Å²) in [5.74, 6) is 0.486. The van der Waals surface area contributed by atoms with Crippen molar-refractivity contribution in [3.8, 4) is 5.69 Å². The van der Waals surface area contributed by atoms with Crippen LogP contribution in [0.2, 0.25) is 0 Å². The van der Waals surface area contributed by atoms with Gasteiger partial charge in [-0.3, -0.25) is 9.59 Å². The number of unbranched alkanes of at least 4 members (excludes halogenated alkanes) is 2. The third kappa shape index (κ3) is 9.44. The summed E-state index contributed by atoms with van der Waals surface area (Å²) < 4.78 is 14.7. The van der Waals surface area contributed by atoms with E-state index in [2.05, 4.69) is 26.2 Å². The number of tetrazole rings is 1. The molecule has 4 aromatic rings. The zero-order valence-corrected chi connectivity index (χ0v) is 26.0. The van der Waals surface area contributed by atoms with Gasteiger partial charge in [-0.15, -0.1) is 5.10 Å². The summed E-state index contributed by atoms with van der Waals surface area (Å²) in [6.07, 6.45) is 2.35. The molecule has 0 radical (unpaired) electrons. The Kier molecular flexibility index (Phi) is 11.7. The maximum absolute atomic E-state index is 12.6. The molecule has 2 amide bonds. The number of benzene rings is 3. The van der Waals surface area contributed by atoms with Crippen LogP contribution in [0.1, 0.15) is 68.1 Å². The number of rotatable bonds is 14. The Morgan fingerprint density at radius 1 is 0.978 bits per heavy atom. The molecule has 3 N–H and O–H groups in total. The first-order valence-electron chi connectivity index (χ1n) is 15.1. The van der Waals surface area contributed by atoms with Crippen LogP contribution < -0.4 is 10.6 Å². The maximum atomic E-state index is 12.6. The third-order valence-corrected chi connectivity index (χ3v) is 8.40. The van der Waals surface area contributed by atoms with E-state index < -0.39 is 6.29 Å². The summed E-state index contributed by atoms with van der Waals surface area (Å²) in [6, 6.07) is 25.0. The molecule has 12 heteroatoms. The summed E-state index contributed by atoms with van der Waals surface area (Å²) >= 11 is 1.52. The normalized spacial score (nSPS) is 18.0. The molecule has 3 atom stereocenters. The lowest BCUT2D eigenvalue weighted by atomic mass is 10.0. The van der Waals surface area contributed by atoms with Crippen molar-refractivity contribution in [3.63, 3.8) is 0 Å². The van der Waals surface area contributed by atoms with Crippen molar-refractivity contribution in [2.75, 3.05) is 17.6 Å². The Balaban J connectivity index is 1.25. The summed E-state index contributed by atoms with van der Waals surface area (Å²) in [6.45, 7) is 2.09. The second kappa shape index (κ2) is 16.3. The van der Waals surface area contributed by atoms with E-state index in [1.165, 1.54) is 18.7 Å². The molecular formula is C33H38N6O5S. The van der Waals surface area contributed by atoms with E-state index in [4.69, 9.17) is 9.47 Å². The van der Waals surface area contributed by atoms with Gasteiger partial charge >= 0.3 is 0 Å². The molecule has 1 aliphatic rings. The first kappa shape index (κ1) is 32.3. The van der Waals surface area contributed by atoms with E-state index >= 15 is 0 Å². The van der Waals surface area contributed by atoms with Gasteiger partial charge in [-0.05, 0) is 58.7 Å². The molecule has 0 bridgehead atoms. The minimum Gasteiger partial charge on any atom is -0.392 e. The predicted molar refractivity (Wildman–Crippen MR) is 171 cm³/mol. The molecule has 236 valence electrons. The molecule has 1 aliphatic heterocycles. The topological polar surface area (TPSA) is 140 Å². The minimum absolute atomic E-state index is 0.0253. The summed E-state index contributed by atoms with van der Waals surface area (Å²) in [5.41, 5.74) is 4.17. The first-order valence-corrected chi connectivity index (χ1v) is 16.1. The van der Waals surface area contributed by atoms with Gasteiger partial charge < -0.3 is 25.2 Å². The van der Waals surface area contributed by atoms with Crippen molar-refractivity contribution in [1.29, 1.82) is 0 Å². The van der Waals surface area contributed by atoms with Crippen molar-refractivity contribution in [2.45, 2.75) is 69.3 Å². The number of aliphatic hydroxyl groups is 1. The quantitative estimate of drug-likeness (QED) is 0.128. The van der Waals surface area contributed by atoms with Gasteiger partial charge in [0, 0.05) is 43.3 Å². The molecule has 3 aromatic carbocycles. The number of nitrogens with zero attached hydrogens (tertiary/aromatic N) is 4. The zero-order valence-electron chi connectivity index (χ0n) is 25.2. The van der Waals surface area contributed by atoms with Crippen LogP contribution >= 0.6 is 11.8 Å². The Bertz CT molecular complexity index is 1530. The number of thioether (sulfide) groups is 1. The van der Waals surface area contributed by atoms with Crippen molar-refractivity contribution in [1.82, 2.24) is 25.5 Å². The van der Waals surface area contributed by atoms with Gasteiger partial charge in [0.05, 0.1) is 24.5 Å². The third-order valence-electron chi connectivity index (χ3n) is 7.35. The molecule has 0 saturated carbocycles. The Labute approximate surface area is 266 Å². The maximum Gasteiger partial charge on any atom is 0.224 e. The predicted octanol–water partition coefficient (Wildman–Crippen LogP) is 5.13. The number of carbonyl (C=O) groups is 2. The molecule has 1 saturated heterocycles. The summed E-state index contributed by atoms with van der Waals surface area (Å²) in [7, 11) is 0. The number of nitrogens with one attached hydrogen (secondary N) is 2. The highest BCUT2D eigenvalue weighted by atomic mass is 32.2. The number of ether oxygens (including phenoxy) is 2. The fraction of sp³-hybridized carbons (Fsp3) is 0.364. The van der Waals surface area contributed by atoms with Crippen LogP contribution in [-0.4, -0.2) is 55.5 Å². The SMILES string of the molecule is CC(=O)NCCCCCC(=O)Nc1cccc([C@@H]2O[C@H](CSc3nnnn3-c3ccccc3)C[C@H](c3ccc(CO)cc3)O2)c1. The average molecular weight is 631 g/mol. The Morgan fingerprint density at radius 3 is 2.58 bits per heavy atom. The highest BCUT2D eigenvalue weighted by Crippen LogP contribution is 2.40. The van der Waals surface area contributed by atoms with E-state index in [9.17, 15) is 14.7 Å². The molecule has 1 fully saturated rings. The molecule has 11 nitrogen and oxygen atoms in total. The van der Waals surface area contributed by atoms with Crippen molar-refractivity contribution >= 4 is 29.3 Å².